The molecule has 5 rings (SSSR count). The Morgan fingerprint density at radius 1 is 0.980 bits per heavy atom. The second kappa shape index (κ2) is 15.2. The Morgan fingerprint density at radius 2 is 1.66 bits per heavy atom. The molecule has 0 unspecified atom stereocenters. The van der Waals surface area contributed by atoms with E-state index >= 15 is 0 Å². The number of amides is 1. The third kappa shape index (κ3) is 7.44. The van der Waals surface area contributed by atoms with Crippen LogP contribution >= 0.6 is 11.6 Å². The zero-order chi connectivity index (χ0) is 36.3. The van der Waals surface area contributed by atoms with E-state index in [9.17, 15) is 27.2 Å². The van der Waals surface area contributed by atoms with E-state index in [4.69, 9.17) is 30.5 Å². The highest BCUT2D eigenvalue weighted by Gasteiger charge is 2.60. The number of ether oxygens (including phenoxy) is 4. The summed E-state index contributed by atoms with van der Waals surface area (Å²) in [5.41, 5.74) is 0.270. The van der Waals surface area contributed by atoms with Crippen molar-refractivity contribution in [2.75, 3.05) is 32.3 Å². The lowest BCUT2D eigenvalue weighted by Gasteiger charge is -2.51. The molecule has 0 bridgehead atoms. The Morgan fingerprint density at radius 3 is 2.26 bits per heavy atom. The van der Waals surface area contributed by atoms with Crippen molar-refractivity contribution in [2.24, 2.45) is 11.8 Å². The van der Waals surface area contributed by atoms with Gasteiger partial charge in [-0.05, 0) is 122 Å². The predicted molar refractivity (Wildman–Crippen MR) is 181 cm³/mol. The van der Waals surface area contributed by atoms with Gasteiger partial charge in [0.2, 0.25) is 0 Å². The summed E-state index contributed by atoms with van der Waals surface area (Å²) < 4.78 is 79.1. The molecule has 12 heteroatoms. The van der Waals surface area contributed by atoms with Gasteiger partial charge in [0.25, 0.3) is 0 Å². The number of carbonyl (C=O) groups is 2. The molecule has 0 aromatic heterocycles. The van der Waals surface area contributed by atoms with Crippen LogP contribution in [0.3, 0.4) is 0 Å². The lowest BCUT2D eigenvalue weighted by Crippen LogP contribution is -2.63. The highest BCUT2D eigenvalue weighted by Crippen LogP contribution is 2.58. The first-order valence-electron chi connectivity index (χ1n) is 16.7. The molecule has 50 heavy (non-hydrogen) atoms. The molecule has 7 nitrogen and oxygen atoms in total. The Labute approximate surface area is 294 Å². The number of halogens is 5. The van der Waals surface area contributed by atoms with E-state index in [1.54, 1.807) is 7.11 Å². The number of rotatable bonds is 12. The van der Waals surface area contributed by atoms with E-state index in [0.29, 0.717) is 30.5 Å². The van der Waals surface area contributed by atoms with Gasteiger partial charge in [-0.1, -0.05) is 36.7 Å². The average molecular weight is 720 g/mol. The largest absolute Gasteiger partial charge is 0.497 e. The number of nitrogens with zero attached hydrogens (tertiary/aromatic N) is 1. The number of hydrogen-bond acceptors (Lipinski definition) is 6. The van der Waals surface area contributed by atoms with Crippen LogP contribution in [-0.4, -0.2) is 51.0 Å². The standard InChI is InChI=1S/C38H42ClF4NO6/c1-5-50-30-12-8-26-19-27(18-24(2)22-49-23-25-6-10-29(47-3)11-7-25)36(31(26)21-30)14-16-37(17-15-36,35(46)48-4)44(34(45)38(41,42)43)28-9-13-33(40)32(39)20-28/h6-13,20-21,24,27H,5,14-19,22-23H2,1-4H3/t24-,27+,36?,37?/m1/s1. The first kappa shape index (κ1) is 37.4. The zero-order valence-electron chi connectivity index (χ0n) is 28.6. The topological polar surface area (TPSA) is 74.3 Å². The molecule has 1 spiro atoms. The molecule has 2 aliphatic rings. The second-order valence-electron chi connectivity index (χ2n) is 13.3. The molecule has 0 aliphatic heterocycles. The van der Waals surface area contributed by atoms with Crippen LogP contribution in [0, 0.1) is 17.7 Å². The minimum atomic E-state index is -5.34. The number of hydrogen-bond donors (Lipinski definition) is 0. The van der Waals surface area contributed by atoms with E-state index in [1.807, 2.05) is 49.4 Å². The SMILES string of the molecule is CCOc1ccc2c(c1)C1(CCC(C(=O)OC)(N(C(=O)C(F)(F)F)c3ccc(F)c(Cl)c3)CC1)[C@@H](C[C@@H](C)COCc1ccc(OC)cc1)C2. The van der Waals surface area contributed by atoms with Crippen molar-refractivity contribution in [3.63, 3.8) is 0 Å². The average Bonchev–Trinajstić information content (AvgIpc) is 3.38. The summed E-state index contributed by atoms with van der Waals surface area (Å²) in [6.07, 6.45) is -3.55. The molecule has 1 amide bonds. The maximum absolute atomic E-state index is 14.2. The molecule has 2 aliphatic carbocycles. The van der Waals surface area contributed by atoms with Crippen LogP contribution in [0.4, 0.5) is 23.2 Å². The van der Waals surface area contributed by atoms with Gasteiger partial charge in [0.1, 0.15) is 22.9 Å². The van der Waals surface area contributed by atoms with Crippen molar-refractivity contribution in [3.05, 3.63) is 88.2 Å². The van der Waals surface area contributed by atoms with Gasteiger partial charge < -0.3 is 18.9 Å². The Hall–Kier alpha value is -3.83. The van der Waals surface area contributed by atoms with Crippen molar-refractivity contribution < 1.29 is 46.1 Å². The van der Waals surface area contributed by atoms with E-state index in [1.165, 1.54) is 0 Å². The molecule has 0 heterocycles. The molecule has 1 saturated carbocycles. The fourth-order valence-electron chi connectivity index (χ4n) is 7.90. The number of alkyl halides is 3. The Kier molecular flexibility index (Phi) is 11.4. The summed E-state index contributed by atoms with van der Waals surface area (Å²) in [7, 11) is 2.69. The summed E-state index contributed by atoms with van der Waals surface area (Å²) in [6, 6.07) is 16.5. The van der Waals surface area contributed by atoms with Crippen molar-refractivity contribution in [3.8, 4) is 11.5 Å². The molecule has 270 valence electrons. The van der Waals surface area contributed by atoms with Crippen LogP contribution in [0.25, 0.3) is 0 Å². The van der Waals surface area contributed by atoms with Crippen LogP contribution in [0.2, 0.25) is 5.02 Å². The minimum Gasteiger partial charge on any atom is -0.497 e. The summed E-state index contributed by atoms with van der Waals surface area (Å²) in [5.74, 6) is -2.47. The second-order valence-corrected chi connectivity index (χ2v) is 13.7. The summed E-state index contributed by atoms with van der Waals surface area (Å²) in [6.45, 7) is 5.38. The number of fused-ring (bicyclic) bond motifs is 2. The predicted octanol–water partition coefficient (Wildman–Crippen LogP) is 8.62. The summed E-state index contributed by atoms with van der Waals surface area (Å²) in [5, 5.41) is -0.480. The number of carbonyl (C=O) groups excluding carboxylic acids is 2. The van der Waals surface area contributed by atoms with Crippen LogP contribution < -0.4 is 14.4 Å². The first-order valence-corrected chi connectivity index (χ1v) is 17.1. The zero-order valence-corrected chi connectivity index (χ0v) is 29.3. The molecule has 3 aromatic carbocycles. The molecule has 0 radical (unpaired) electrons. The van der Waals surface area contributed by atoms with Crippen molar-refractivity contribution >= 4 is 29.2 Å². The maximum atomic E-state index is 14.2. The van der Waals surface area contributed by atoms with Gasteiger partial charge >= 0.3 is 18.1 Å². The van der Waals surface area contributed by atoms with Gasteiger partial charge in [-0.25, -0.2) is 9.18 Å². The highest BCUT2D eigenvalue weighted by molar-refractivity contribution is 6.31. The van der Waals surface area contributed by atoms with Crippen molar-refractivity contribution in [1.29, 1.82) is 0 Å². The van der Waals surface area contributed by atoms with Crippen LogP contribution in [0.15, 0.2) is 60.7 Å². The molecular weight excluding hydrogens is 678 g/mol. The van der Waals surface area contributed by atoms with E-state index in [0.717, 1.165) is 60.6 Å². The van der Waals surface area contributed by atoms with E-state index in [2.05, 4.69) is 6.92 Å². The third-order valence-electron chi connectivity index (χ3n) is 10.3. The van der Waals surface area contributed by atoms with Crippen molar-refractivity contribution in [1.82, 2.24) is 0 Å². The lowest BCUT2D eigenvalue weighted by molar-refractivity contribution is -0.174. The van der Waals surface area contributed by atoms with Crippen LogP contribution in [0.1, 0.15) is 62.6 Å². The van der Waals surface area contributed by atoms with Gasteiger partial charge in [-0.3, -0.25) is 9.69 Å². The normalized spacial score (nSPS) is 22.1. The van der Waals surface area contributed by atoms with E-state index < -0.39 is 39.8 Å². The molecule has 3 aromatic rings. The maximum Gasteiger partial charge on any atom is 0.471 e. The monoisotopic (exact) mass is 719 g/mol. The van der Waals surface area contributed by atoms with Crippen LogP contribution in [0.5, 0.6) is 11.5 Å². The van der Waals surface area contributed by atoms with Gasteiger partial charge in [0.15, 0.2) is 0 Å². The smallest absolute Gasteiger partial charge is 0.471 e. The Balaban J connectivity index is 1.46. The summed E-state index contributed by atoms with van der Waals surface area (Å²) >= 11 is 5.98. The number of esters is 1. The molecule has 0 saturated heterocycles. The fraction of sp³-hybridized carbons (Fsp3) is 0.474. The van der Waals surface area contributed by atoms with Gasteiger partial charge in [0, 0.05) is 12.3 Å². The highest BCUT2D eigenvalue weighted by atomic mass is 35.5. The first-order chi connectivity index (χ1) is 23.8. The van der Waals surface area contributed by atoms with Crippen molar-refractivity contribution in [2.45, 2.75) is 76.1 Å². The lowest BCUT2D eigenvalue weighted by atomic mass is 9.59. The quantitative estimate of drug-likeness (QED) is 0.138. The summed E-state index contributed by atoms with van der Waals surface area (Å²) in [4.78, 5) is 27.3. The van der Waals surface area contributed by atoms with Gasteiger partial charge in [-0.15, -0.1) is 0 Å². The molecule has 0 N–H and O–H groups in total. The number of benzene rings is 3. The molecule has 2 atom stereocenters. The fourth-order valence-corrected chi connectivity index (χ4v) is 8.08. The molecule has 1 fully saturated rings. The minimum absolute atomic E-state index is 0.0663. The number of anilines is 1. The molecular formula is C38H42ClF4NO6. The third-order valence-corrected chi connectivity index (χ3v) is 10.6. The van der Waals surface area contributed by atoms with E-state index in [-0.39, 0.29) is 43.2 Å². The number of methoxy groups -OCH3 is 2. The van der Waals surface area contributed by atoms with Gasteiger partial charge in [0.05, 0.1) is 32.5 Å². The van der Waals surface area contributed by atoms with Crippen LogP contribution in [-0.2, 0) is 37.5 Å². The van der Waals surface area contributed by atoms with Gasteiger partial charge in [-0.2, -0.15) is 13.2 Å². The Bertz CT molecular complexity index is 1670.